The van der Waals surface area contributed by atoms with E-state index in [9.17, 15) is 0 Å². The van der Waals surface area contributed by atoms with E-state index in [0.717, 1.165) is 22.3 Å². The predicted molar refractivity (Wildman–Crippen MR) is 72.9 cm³/mol. The van der Waals surface area contributed by atoms with Crippen molar-refractivity contribution in [3.63, 3.8) is 0 Å². The first-order valence-corrected chi connectivity index (χ1v) is 6.35. The average Bonchev–Trinajstić information content (AvgIpc) is 2.93. The van der Waals surface area contributed by atoms with Crippen LogP contribution in [0.1, 0.15) is 0 Å². The summed E-state index contributed by atoms with van der Waals surface area (Å²) in [5.74, 6) is 0.771. The van der Waals surface area contributed by atoms with Gasteiger partial charge in [-0.05, 0) is 24.3 Å². The first kappa shape index (κ1) is 10.9. The van der Waals surface area contributed by atoms with E-state index in [1.165, 1.54) is 0 Å². The number of nitrogens with zero attached hydrogens (tertiary/aromatic N) is 3. The number of nitrogens with one attached hydrogen (secondary N) is 1. The second-order valence-electron chi connectivity index (χ2n) is 3.59. The second kappa shape index (κ2) is 4.93. The fraction of sp³-hybridized carbons (Fsp3) is 0. The molecule has 0 aromatic carbocycles. The zero-order chi connectivity index (χ0) is 12.2. The minimum Gasteiger partial charge on any atom is -0.316 e. The Balaban J connectivity index is 1.90. The molecule has 3 rings (SSSR count). The molecule has 4 nitrogen and oxygen atoms in total. The topological polar surface area (TPSA) is 50.7 Å². The Kier molecular flexibility index (Phi) is 2.97. The summed E-state index contributed by atoms with van der Waals surface area (Å²) in [7, 11) is 0. The predicted octanol–water partition coefficient (Wildman–Crippen LogP) is 3.34. The van der Waals surface area contributed by atoms with E-state index in [0.29, 0.717) is 0 Å². The summed E-state index contributed by atoms with van der Waals surface area (Å²) in [4.78, 5) is 13.0. The molecule has 88 valence electrons. The van der Waals surface area contributed by atoms with Crippen molar-refractivity contribution in [1.82, 2.24) is 15.0 Å². The first-order chi connectivity index (χ1) is 8.92. The number of thiazole rings is 1. The third-order valence-electron chi connectivity index (χ3n) is 2.34. The fourth-order valence-corrected chi connectivity index (χ4v) is 2.09. The van der Waals surface area contributed by atoms with Crippen LogP contribution in [0, 0.1) is 0 Å². The van der Waals surface area contributed by atoms with E-state index in [2.05, 4.69) is 20.3 Å². The van der Waals surface area contributed by atoms with Gasteiger partial charge in [0, 0.05) is 17.8 Å². The molecule has 0 bridgehead atoms. The number of anilines is 2. The van der Waals surface area contributed by atoms with Crippen molar-refractivity contribution < 1.29 is 0 Å². The quantitative estimate of drug-likeness (QED) is 0.778. The van der Waals surface area contributed by atoms with Gasteiger partial charge in [0.05, 0.1) is 11.4 Å². The molecule has 0 unspecified atom stereocenters. The number of hydrogen-bond donors (Lipinski definition) is 1. The Morgan fingerprint density at radius 2 is 1.83 bits per heavy atom. The highest BCUT2D eigenvalue weighted by molar-refractivity contribution is 7.13. The van der Waals surface area contributed by atoms with E-state index >= 15 is 0 Å². The maximum Gasteiger partial charge on any atom is 0.188 e. The molecule has 0 spiro atoms. The zero-order valence-corrected chi connectivity index (χ0v) is 10.3. The third kappa shape index (κ3) is 2.36. The number of aromatic nitrogens is 3. The van der Waals surface area contributed by atoms with Gasteiger partial charge in [0.1, 0.15) is 5.82 Å². The Morgan fingerprint density at radius 1 is 0.889 bits per heavy atom. The highest BCUT2D eigenvalue weighted by Crippen LogP contribution is 2.20. The normalized spacial score (nSPS) is 10.2. The van der Waals surface area contributed by atoms with Crippen molar-refractivity contribution in [2.75, 3.05) is 5.32 Å². The molecule has 0 aliphatic carbocycles. The number of rotatable bonds is 3. The maximum atomic E-state index is 4.51. The van der Waals surface area contributed by atoms with Gasteiger partial charge in [-0.15, -0.1) is 11.3 Å². The van der Waals surface area contributed by atoms with Gasteiger partial charge in [-0.25, -0.2) is 9.97 Å². The van der Waals surface area contributed by atoms with Crippen LogP contribution in [0.4, 0.5) is 10.9 Å². The first-order valence-electron chi connectivity index (χ1n) is 5.47. The summed E-state index contributed by atoms with van der Waals surface area (Å²) < 4.78 is 0. The minimum atomic E-state index is 0.771. The van der Waals surface area contributed by atoms with Crippen molar-refractivity contribution in [2.24, 2.45) is 0 Å². The summed E-state index contributed by atoms with van der Waals surface area (Å²) in [5, 5.41) is 5.92. The van der Waals surface area contributed by atoms with E-state index in [1.54, 1.807) is 23.7 Å². The lowest BCUT2D eigenvalue weighted by Gasteiger charge is -2.04. The highest BCUT2D eigenvalue weighted by Gasteiger charge is 2.02. The van der Waals surface area contributed by atoms with Crippen LogP contribution in [0.3, 0.4) is 0 Å². The van der Waals surface area contributed by atoms with Gasteiger partial charge in [-0.3, -0.25) is 4.98 Å². The Morgan fingerprint density at radius 3 is 2.61 bits per heavy atom. The molecular weight excluding hydrogens is 244 g/mol. The minimum absolute atomic E-state index is 0.771. The van der Waals surface area contributed by atoms with E-state index in [4.69, 9.17) is 0 Å². The molecule has 1 N–H and O–H groups in total. The van der Waals surface area contributed by atoms with Crippen LogP contribution in [0.15, 0.2) is 54.2 Å². The molecule has 0 fully saturated rings. The van der Waals surface area contributed by atoms with Crippen molar-refractivity contribution in [2.45, 2.75) is 0 Å². The van der Waals surface area contributed by atoms with Crippen LogP contribution < -0.4 is 5.32 Å². The van der Waals surface area contributed by atoms with Crippen LogP contribution in [0.5, 0.6) is 0 Å². The van der Waals surface area contributed by atoms with Crippen LogP contribution in [-0.4, -0.2) is 15.0 Å². The van der Waals surface area contributed by atoms with Crippen molar-refractivity contribution in [1.29, 1.82) is 0 Å². The maximum absolute atomic E-state index is 4.51. The molecule has 5 heteroatoms. The van der Waals surface area contributed by atoms with E-state index in [1.807, 2.05) is 41.8 Å². The molecule has 3 heterocycles. The molecule has 18 heavy (non-hydrogen) atoms. The number of pyridine rings is 2. The van der Waals surface area contributed by atoms with Crippen molar-refractivity contribution in [3.8, 4) is 11.4 Å². The summed E-state index contributed by atoms with van der Waals surface area (Å²) in [6.45, 7) is 0. The molecule has 0 radical (unpaired) electrons. The van der Waals surface area contributed by atoms with E-state index < -0.39 is 0 Å². The lowest BCUT2D eigenvalue weighted by atomic mass is 10.2. The molecule has 0 saturated carbocycles. The summed E-state index contributed by atoms with van der Waals surface area (Å²) in [6, 6.07) is 11.6. The van der Waals surface area contributed by atoms with Gasteiger partial charge in [0.25, 0.3) is 0 Å². The van der Waals surface area contributed by atoms with Crippen LogP contribution in [0.25, 0.3) is 11.4 Å². The van der Waals surface area contributed by atoms with E-state index in [-0.39, 0.29) is 0 Å². The summed E-state index contributed by atoms with van der Waals surface area (Å²) >= 11 is 1.54. The van der Waals surface area contributed by atoms with Gasteiger partial charge in [-0.2, -0.15) is 0 Å². The molecule has 0 aliphatic rings. The SMILES string of the molecule is c1ccc(-c2cccc(Nc3nccs3)n2)nc1. The Hall–Kier alpha value is -2.27. The number of hydrogen-bond acceptors (Lipinski definition) is 5. The van der Waals surface area contributed by atoms with Gasteiger partial charge < -0.3 is 5.32 Å². The summed E-state index contributed by atoms with van der Waals surface area (Å²) in [6.07, 6.45) is 3.52. The summed E-state index contributed by atoms with van der Waals surface area (Å²) in [5.41, 5.74) is 1.71. The van der Waals surface area contributed by atoms with Gasteiger partial charge in [-0.1, -0.05) is 12.1 Å². The second-order valence-corrected chi connectivity index (χ2v) is 4.48. The molecule has 0 aliphatic heterocycles. The fourth-order valence-electron chi connectivity index (χ4n) is 1.56. The smallest absolute Gasteiger partial charge is 0.188 e. The molecular formula is C13H10N4S. The largest absolute Gasteiger partial charge is 0.316 e. The van der Waals surface area contributed by atoms with Crippen LogP contribution in [-0.2, 0) is 0 Å². The van der Waals surface area contributed by atoms with Gasteiger partial charge >= 0.3 is 0 Å². The lowest BCUT2D eigenvalue weighted by Crippen LogP contribution is -1.94. The van der Waals surface area contributed by atoms with Crippen molar-refractivity contribution in [3.05, 3.63) is 54.2 Å². The Bertz CT molecular complexity index is 623. The third-order valence-corrected chi connectivity index (χ3v) is 3.03. The van der Waals surface area contributed by atoms with Crippen LogP contribution in [0.2, 0.25) is 0 Å². The highest BCUT2D eigenvalue weighted by atomic mass is 32.1. The lowest BCUT2D eigenvalue weighted by molar-refractivity contribution is 1.24. The molecule has 3 aromatic heterocycles. The molecule has 3 aromatic rings. The molecule has 0 saturated heterocycles. The Labute approximate surface area is 108 Å². The van der Waals surface area contributed by atoms with Crippen molar-refractivity contribution >= 4 is 22.3 Å². The van der Waals surface area contributed by atoms with Gasteiger partial charge in [0.15, 0.2) is 5.13 Å². The zero-order valence-electron chi connectivity index (χ0n) is 9.45. The molecule has 0 atom stereocenters. The molecule has 0 amide bonds. The standard InChI is InChI=1S/C13H10N4S/c1-2-7-14-10(4-1)11-5-3-6-12(16-11)17-13-15-8-9-18-13/h1-9H,(H,15,16,17). The van der Waals surface area contributed by atoms with Crippen LogP contribution >= 0.6 is 11.3 Å². The average molecular weight is 254 g/mol. The monoisotopic (exact) mass is 254 g/mol. The van der Waals surface area contributed by atoms with Gasteiger partial charge in [0.2, 0.25) is 0 Å².